The molecule has 232 valence electrons. The maximum absolute atomic E-state index is 14.3. The van der Waals surface area contributed by atoms with Crippen LogP contribution in [0.15, 0.2) is 89.8 Å². The molecule has 0 atom stereocenters. The molecule has 2 amide bonds. The first-order chi connectivity index (χ1) is 21.6. The van der Waals surface area contributed by atoms with Crippen LogP contribution in [0.2, 0.25) is 0 Å². The molecule has 0 fully saturated rings. The molecule has 0 unspecified atom stereocenters. The zero-order valence-corrected chi connectivity index (χ0v) is 25.5. The van der Waals surface area contributed by atoms with E-state index in [1.54, 1.807) is 30.3 Å². The lowest BCUT2D eigenvalue weighted by Crippen LogP contribution is -2.33. The molecule has 5 rings (SSSR count). The Hall–Kier alpha value is -5.03. The normalized spacial score (nSPS) is 12.6. The minimum absolute atomic E-state index is 0.0598. The third kappa shape index (κ3) is 6.58. The number of nitrogens with one attached hydrogen (secondary N) is 1. The Balaban J connectivity index is 1.42. The predicted molar refractivity (Wildman–Crippen MR) is 166 cm³/mol. The average molecular weight is 631 g/mol. The quantitative estimate of drug-likeness (QED) is 0.164. The van der Waals surface area contributed by atoms with E-state index in [4.69, 9.17) is 9.47 Å². The largest absolute Gasteiger partial charge is 0.490 e. The van der Waals surface area contributed by atoms with E-state index in [0.29, 0.717) is 29.5 Å². The van der Waals surface area contributed by atoms with Crippen LogP contribution in [-0.4, -0.2) is 51.4 Å². The number of methoxy groups -OCH3 is 1. The third-order valence-corrected chi connectivity index (χ3v) is 9.00. The highest BCUT2D eigenvalue weighted by atomic mass is 32.2. The smallest absolute Gasteiger partial charge is 0.343 e. The summed E-state index contributed by atoms with van der Waals surface area (Å²) in [6.07, 6.45) is 1.15. The fourth-order valence-electron chi connectivity index (χ4n) is 5.27. The fourth-order valence-corrected chi connectivity index (χ4v) is 6.59. The predicted octanol–water partition coefficient (Wildman–Crippen LogP) is 5.44. The Kier molecular flexibility index (Phi) is 9.29. The minimum Gasteiger partial charge on any atom is -0.490 e. The lowest BCUT2D eigenvalue weighted by molar-refractivity contribution is 0.0583. The number of carbonyl (C=O) groups is 3. The van der Waals surface area contributed by atoms with Crippen molar-refractivity contribution in [2.45, 2.75) is 31.1 Å². The second kappa shape index (κ2) is 13.3. The maximum atomic E-state index is 14.3. The van der Waals surface area contributed by atoms with Crippen LogP contribution in [-0.2, 0) is 34.0 Å². The molecule has 1 heterocycles. The average Bonchev–Trinajstić information content (AvgIpc) is 3.28. The molecule has 4 aromatic carbocycles. The summed E-state index contributed by atoms with van der Waals surface area (Å²) in [7, 11) is -3.17. The molecule has 0 saturated carbocycles. The fraction of sp³-hybridized carbons (Fsp3) is 0.206. The number of amides is 2. The van der Waals surface area contributed by atoms with Gasteiger partial charge >= 0.3 is 5.97 Å². The number of anilines is 1. The number of sulfonamides is 1. The Morgan fingerprint density at radius 1 is 0.867 bits per heavy atom. The minimum atomic E-state index is -4.32. The lowest BCUT2D eigenvalue weighted by Gasteiger charge is -2.20. The van der Waals surface area contributed by atoms with E-state index in [0.717, 1.165) is 23.6 Å². The molecule has 0 bridgehead atoms. The van der Waals surface area contributed by atoms with Crippen molar-refractivity contribution in [2.75, 3.05) is 25.0 Å². The van der Waals surface area contributed by atoms with Crippen LogP contribution < -0.4 is 9.46 Å². The number of nitrogens with zero attached hydrogens (tertiary/aromatic N) is 1. The number of ether oxygens (including phenoxy) is 2. The van der Waals surface area contributed by atoms with Crippen molar-refractivity contribution < 1.29 is 36.7 Å². The topological polar surface area (TPSA) is 119 Å². The molecular formula is C34H31FN2O7S. The van der Waals surface area contributed by atoms with Crippen LogP contribution in [0.3, 0.4) is 0 Å². The van der Waals surface area contributed by atoms with Gasteiger partial charge in [-0.2, -0.15) is 0 Å². The van der Waals surface area contributed by atoms with Crippen LogP contribution >= 0.6 is 0 Å². The molecular weight excluding hydrogens is 599 g/mol. The van der Waals surface area contributed by atoms with Gasteiger partial charge in [-0.1, -0.05) is 55.5 Å². The van der Waals surface area contributed by atoms with Gasteiger partial charge in [0.25, 0.3) is 21.8 Å². The maximum Gasteiger partial charge on any atom is 0.343 e. The van der Waals surface area contributed by atoms with Gasteiger partial charge in [-0.15, -0.1) is 0 Å². The van der Waals surface area contributed by atoms with Crippen molar-refractivity contribution in [1.82, 2.24) is 4.90 Å². The second-order valence-electron chi connectivity index (χ2n) is 10.3. The summed E-state index contributed by atoms with van der Waals surface area (Å²) in [4.78, 5) is 39.6. The highest BCUT2D eigenvalue weighted by molar-refractivity contribution is 7.92. The Labute approximate surface area is 260 Å². The van der Waals surface area contributed by atoms with E-state index in [-0.39, 0.29) is 47.0 Å². The summed E-state index contributed by atoms with van der Waals surface area (Å²) in [6, 6.07) is 22.4. The number of imide groups is 1. The second-order valence-corrected chi connectivity index (χ2v) is 12.0. The number of aryl methyl sites for hydroxylation is 3. The van der Waals surface area contributed by atoms with Crippen LogP contribution in [0.25, 0.3) is 0 Å². The van der Waals surface area contributed by atoms with Crippen molar-refractivity contribution in [3.8, 4) is 5.75 Å². The highest BCUT2D eigenvalue weighted by Gasteiger charge is 2.35. The van der Waals surface area contributed by atoms with E-state index in [9.17, 15) is 27.2 Å². The zero-order chi connectivity index (χ0) is 32.1. The van der Waals surface area contributed by atoms with Crippen molar-refractivity contribution in [3.63, 3.8) is 0 Å². The molecule has 1 N–H and O–H groups in total. The van der Waals surface area contributed by atoms with Gasteiger partial charge in [-0.3, -0.25) is 19.2 Å². The molecule has 11 heteroatoms. The van der Waals surface area contributed by atoms with Crippen molar-refractivity contribution >= 4 is 33.5 Å². The molecule has 1 aliphatic heterocycles. The highest BCUT2D eigenvalue weighted by Crippen LogP contribution is 2.34. The number of rotatable bonds is 12. The SMILES string of the molecule is CCc1ccc(NS(=O)(=O)c2ccc(F)cc2CCc2ccccc2)c(C(=O)OC)c1OCCN1C(=O)c2ccccc2C1=O. The molecule has 0 spiro atoms. The first-order valence-electron chi connectivity index (χ1n) is 14.3. The van der Waals surface area contributed by atoms with Gasteiger partial charge in [-0.05, 0) is 72.4 Å². The van der Waals surface area contributed by atoms with Crippen molar-refractivity contribution in [1.29, 1.82) is 0 Å². The van der Waals surface area contributed by atoms with Gasteiger partial charge in [0.1, 0.15) is 23.7 Å². The van der Waals surface area contributed by atoms with E-state index in [2.05, 4.69) is 4.72 Å². The van der Waals surface area contributed by atoms with Gasteiger partial charge in [0, 0.05) is 0 Å². The number of carbonyl (C=O) groups excluding carboxylic acids is 3. The van der Waals surface area contributed by atoms with Crippen molar-refractivity contribution in [2.24, 2.45) is 0 Å². The zero-order valence-electron chi connectivity index (χ0n) is 24.7. The number of hydrogen-bond acceptors (Lipinski definition) is 7. The monoisotopic (exact) mass is 630 g/mol. The number of halogens is 1. The standard InChI is InChI=1S/C34H31FN2O7S/c1-3-23-15-17-28(36-45(41,42)29-18-16-25(35)21-24(29)14-13-22-9-5-4-6-10-22)30(34(40)43-2)31(23)44-20-19-37-32(38)26-11-7-8-12-27(26)33(37)39/h4-12,15-18,21,36H,3,13-14,19-20H2,1-2H3. The van der Waals surface area contributed by atoms with Gasteiger partial charge in [0.05, 0.1) is 35.4 Å². The molecule has 0 aromatic heterocycles. The summed E-state index contributed by atoms with van der Waals surface area (Å²) < 4.78 is 55.2. The summed E-state index contributed by atoms with van der Waals surface area (Å²) in [5, 5.41) is 0. The Bertz CT molecular complexity index is 1840. The summed E-state index contributed by atoms with van der Waals surface area (Å²) >= 11 is 0. The Morgan fingerprint density at radius 3 is 2.18 bits per heavy atom. The van der Waals surface area contributed by atoms with Gasteiger partial charge in [0.15, 0.2) is 0 Å². The van der Waals surface area contributed by atoms with Crippen LogP contribution in [0.4, 0.5) is 10.1 Å². The van der Waals surface area contributed by atoms with Crippen LogP contribution in [0.5, 0.6) is 5.75 Å². The van der Waals surface area contributed by atoms with Crippen LogP contribution in [0.1, 0.15) is 54.7 Å². The van der Waals surface area contributed by atoms with Gasteiger partial charge < -0.3 is 9.47 Å². The van der Waals surface area contributed by atoms with E-state index in [1.165, 1.54) is 18.2 Å². The van der Waals surface area contributed by atoms with E-state index >= 15 is 0 Å². The first-order valence-corrected chi connectivity index (χ1v) is 15.8. The molecule has 0 saturated heterocycles. The van der Waals surface area contributed by atoms with Gasteiger partial charge in [0.2, 0.25) is 0 Å². The summed E-state index contributed by atoms with van der Waals surface area (Å²) in [5.74, 6) is -2.28. The van der Waals surface area contributed by atoms with Crippen LogP contribution in [0, 0.1) is 5.82 Å². The molecule has 0 radical (unpaired) electrons. The van der Waals surface area contributed by atoms with E-state index < -0.39 is 33.6 Å². The molecule has 9 nitrogen and oxygen atoms in total. The molecule has 1 aliphatic rings. The molecule has 45 heavy (non-hydrogen) atoms. The van der Waals surface area contributed by atoms with E-state index in [1.807, 2.05) is 37.3 Å². The van der Waals surface area contributed by atoms with Gasteiger partial charge in [-0.25, -0.2) is 17.6 Å². The lowest BCUT2D eigenvalue weighted by atomic mass is 10.0. The van der Waals surface area contributed by atoms with Crippen molar-refractivity contribution in [3.05, 3.63) is 124 Å². The summed E-state index contributed by atoms with van der Waals surface area (Å²) in [5.41, 5.74) is 2.13. The molecule has 4 aromatic rings. The molecule has 0 aliphatic carbocycles. The first kappa shape index (κ1) is 31.4. The number of hydrogen-bond donors (Lipinski definition) is 1. The third-order valence-electron chi connectivity index (χ3n) is 7.53. The Morgan fingerprint density at radius 2 is 1.53 bits per heavy atom. The number of fused-ring (bicyclic) bond motifs is 1. The number of benzene rings is 4. The summed E-state index contributed by atoms with van der Waals surface area (Å²) in [6.45, 7) is 1.56. The number of esters is 1.